The molecule has 0 saturated carbocycles. The minimum absolute atomic E-state index is 0.0874. The summed E-state index contributed by atoms with van der Waals surface area (Å²) in [6, 6.07) is 15.5. The van der Waals surface area contributed by atoms with E-state index in [1.54, 1.807) is 11.6 Å². The Morgan fingerprint density at radius 2 is 1.83 bits per heavy atom. The summed E-state index contributed by atoms with van der Waals surface area (Å²) >= 11 is 0. The standard InChI is InChI=1S/C27H29N5O4/c1-17-21(18(2)32-27(31-17)22(15-30-32)26(28)34)10-12-25(33)29-14-20-9-11-23(24(13-20)35-3)36-16-19-7-5-4-6-8-19/h4-9,11,13,15H,10,12,14,16H2,1-3H3,(H2,28,34)(H,29,33). The van der Waals surface area contributed by atoms with Crippen molar-refractivity contribution in [1.29, 1.82) is 0 Å². The van der Waals surface area contributed by atoms with Crippen molar-refractivity contribution in [3.63, 3.8) is 0 Å². The molecule has 0 saturated heterocycles. The first-order valence-corrected chi connectivity index (χ1v) is 11.6. The summed E-state index contributed by atoms with van der Waals surface area (Å²) in [5.41, 5.74) is 10.6. The second-order valence-electron chi connectivity index (χ2n) is 8.46. The zero-order valence-electron chi connectivity index (χ0n) is 20.6. The van der Waals surface area contributed by atoms with Crippen LogP contribution in [0, 0.1) is 13.8 Å². The van der Waals surface area contributed by atoms with Crippen molar-refractivity contribution in [2.24, 2.45) is 5.73 Å². The predicted molar refractivity (Wildman–Crippen MR) is 135 cm³/mol. The largest absolute Gasteiger partial charge is 0.493 e. The van der Waals surface area contributed by atoms with Crippen LogP contribution in [-0.2, 0) is 24.4 Å². The molecule has 2 heterocycles. The Kier molecular flexibility index (Phi) is 7.48. The average Bonchev–Trinajstić information content (AvgIpc) is 3.31. The number of aryl methyl sites for hydroxylation is 2. The molecule has 9 nitrogen and oxygen atoms in total. The number of ether oxygens (including phenoxy) is 2. The van der Waals surface area contributed by atoms with Crippen molar-refractivity contribution in [1.82, 2.24) is 19.9 Å². The molecule has 186 valence electrons. The Balaban J connectivity index is 1.35. The maximum absolute atomic E-state index is 12.6. The van der Waals surface area contributed by atoms with Gasteiger partial charge in [0.15, 0.2) is 17.1 Å². The number of amides is 2. The predicted octanol–water partition coefficient (Wildman–Crippen LogP) is 3.28. The van der Waals surface area contributed by atoms with Gasteiger partial charge in [-0.2, -0.15) is 5.10 Å². The molecule has 0 spiro atoms. The highest BCUT2D eigenvalue weighted by Gasteiger charge is 2.17. The lowest BCUT2D eigenvalue weighted by atomic mass is 10.1. The molecule has 0 atom stereocenters. The number of methoxy groups -OCH3 is 1. The number of rotatable bonds is 10. The van der Waals surface area contributed by atoms with Gasteiger partial charge in [0.25, 0.3) is 5.91 Å². The summed E-state index contributed by atoms with van der Waals surface area (Å²) in [4.78, 5) is 28.7. The van der Waals surface area contributed by atoms with Gasteiger partial charge in [0.2, 0.25) is 5.91 Å². The van der Waals surface area contributed by atoms with Gasteiger partial charge in [-0.1, -0.05) is 36.4 Å². The lowest BCUT2D eigenvalue weighted by molar-refractivity contribution is -0.121. The van der Waals surface area contributed by atoms with Crippen molar-refractivity contribution in [3.05, 3.63) is 88.4 Å². The molecular formula is C27H29N5O4. The van der Waals surface area contributed by atoms with E-state index in [2.05, 4.69) is 15.4 Å². The zero-order valence-corrected chi connectivity index (χ0v) is 20.6. The Morgan fingerprint density at radius 3 is 2.56 bits per heavy atom. The second-order valence-corrected chi connectivity index (χ2v) is 8.46. The van der Waals surface area contributed by atoms with E-state index >= 15 is 0 Å². The number of aromatic nitrogens is 3. The number of benzene rings is 2. The molecule has 0 fully saturated rings. The van der Waals surface area contributed by atoms with Gasteiger partial charge in [0.1, 0.15) is 12.2 Å². The Hall–Kier alpha value is -4.40. The topological polar surface area (TPSA) is 121 Å². The fraction of sp³-hybridized carbons (Fsp3) is 0.259. The van der Waals surface area contributed by atoms with E-state index in [1.165, 1.54) is 6.20 Å². The van der Waals surface area contributed by atoms with Gasteiger partial charge in [-0.05, 0) is 49.1 Å². The number of hydrogen-bond acceptors (Lipinski definition) is 6. The van der Waals surface area contributed by atoms with Crippen LogP contribution in [0.25, 0.3) is 5.65 Å². The van der Waals surface area contributed by atoms with Crippen LogP contribution in [0.4, 0.5) is 0 Å². The van der Waals surface area contributed by atoms with Gasteiger partial charge < -0.3 is 20.5 Å². The number of fused-ring (bicyclic) bond motifs is 1. The number of nitrogens with one attached hydrogen (secondary N) is 1. The van der Waals surface area contributed by atoms with Crippen molar-refractivity contribution in [2.45, 2.75) is 39.8 Å². The highest BCUT2D eigenvalue weighted by Crippen LogP contribution is 2.29. The third kappa shape index (κ3) is 5.46. The van der Waals surface area contributed by atoms with E-state index < -0.39 is 5.91 Å². The van der Waals surface area contributed by atoms with Crippen LogP contribution < -0.4 is 20.5 Å². The number of nitrogens with zero attached hydrogens (tertiary/aromatic N) is 3. The first-order chi connectivity index (χ1) is 17.4. The third-order valence-corrected chi connectivity index (χ3v) is 6.03. The van der Waals surface area contributed by atoms with Crippen LogP contribution >= 0.6 is 0 Å². The molecule has 0 aliphatic rings. The van der Waals surface area contributed by atoms with Gasteiger partial charge in [-0.25, -0.2) is 9.50 Å². The van der Waals surface area contributed by atoms with E-state index in [-0.39, 0.29) is 17.9 Å². The molecular weight excluding hydrogens is 458 g/mol. The quantitative estimate of drug-likeness (QED) is 0.354. The number of primary amides is 1. The summed E-state index contributed by atoms with van der Waals surface area (Å²) in [5.74, 6) is 0.590. The summed E-state index contributed by atoms with van der Waals surface area (Å²) < 4.78 is 13.0. The minimum Gasteiger partial charge on any atom is -0.493 e. The number of hydrogen-bond donors (Lipinski definition) is 2. The van der Waals surface area contributed by atoms with Gasteiger partial charge in [-0.15, -0.1) is 0 Å². The second kappa shape index (κ2) is 10.9. The number of carbonyl (C=O) groups excluding carboxylic acids is 2. The van der Waals surface area contributed by atoms with E-state index in [0.29, 0.717) is 36.7 Å². The zero-order chi connectivity index (χ0) is 25.7. The van der Waals surface area contributed by atoms with Crippen LogP contribution in [0.3, 0.4) is 0 Å². The molecule has 2 aromatic carbocycles. The smallest absolute Gasteiger partial charge is 0.254 e. The van der Waals surface area contributed by atoms with E-state index in [9.17, 15) is 9.59 Å². The van der Waals surface area contributed by atoms with Crippen molar-refractivity contribution < 1.29 is 19.1 Å². The molecule has 4 aromatic rings. The summed E-state index contributed by atoms with van der Waals surface area (Å²) in [6.45, 7) is 4.55. The summed E-state index contributed by atoms with van der Waals surface area (Å²) in [5, 5.41) is 7.18. The molecule has 4 rings (SSSR count). The monoisotopic (exact) mass is 487 g/mol. The molecule has 9 heteroatoms. The van der Waals surface area contributed by atoms with Crippen molar-refractivity contribution >= 4 is 17.5 Å². The fourth-order valence-corrected chi connectivity index (χ4v) is 4.05. The molecule has 36 heavy (non-hydrogen) atoms. The van der Waals surface area contributed by atoms with Gasteiger partial charge >= 0.3 is 0 Å². The molecule has 0 aliphatic heterocycles. The van der Waals surface area contributed by atoms with Crippen molar-refractivity contribution in [3.8, 4) is 11.5 Å². The Bertz CT molecular complexity index is 1400. The molecule has 0 unspecified atom stereocenters. The van der Waals surface area contributed by atoms with Gasteiger partial charge in [0, 0.05) is 24.4 Å². The van der Waals surface area contributed by atoms with Gasteiger partial charge in [0.05, 0.1) is 13.3 Å². The average molecular weight is 488 g/mol. The van der Waals surface area contributed by atoms with Crippen LogP contribution in [0.1, 0.15) is 44.9 Å². The van der Waals surface area contributed by atoms with E-state index in [4.69, 9.17) is 15.2 Å². The number of nitrogens with two attached hydrogens (primary N) is 1. The normalized spacial score (nSPS) is 10.9. The van der Waals surface area contributed by atoms with Crippen LogP contribution in [-0.4, -0.2) is 33.5 Å². The number of carbonyl (C=O) groups is 2. The molecule has 2 aromatic heterocycles. The highest BCUT2D eigenvalue weighted by atomic mass is 16.5. The third-order valence-electron chi connectivity index (χ3n) is 6.03. The summed E-state index contributed by atoms with van der Waals surface area (Å²) in [7, 11) is 1.59. The minimum atomic E-state index is -0.573. The molecule has 0 aliphatic carbocycles. The van der Waals surface area contributed by atoms with Crippen LogP contribution in [0.2, 0.25) is 0 Å². The first-order valence-electron chi connectivity index (χ1n) is 11.6. The van der Waals surface area contributed by atoms with E-state index in [0.717, 1.165) is 28.1 Å². The van der Waals surface area contributed by atoms with Crippen LogP contribution in [0.15, 0.2) is 54.7 Å². The Morgan fingerprint density at radius 1 is 1.06 bits per heavy atom. The highest BCUT2D eigenvalue weighted by molar-refractivity contribution is 5.98. The Labute approximate surface area is 209 Å². The lowest BCUT2D eigenvalue weighted by Crippen LogP contribution is -2.23. The maximum Gasteiger partial charge on any atom is 0.254 e. The molecule has 2 amide bonds. The van der Waals surface area contributed by atoms with Crippen LogP contribution in [0.5, 0.6) is 11.5 Å². The SMILES string of the molecule is COc1cc(CNC(=O)CCc2c(C)nc3c(C(N)=O)cnn3c2C)ccc1OCc1ccccc1. The van der Waals surface area contributed by atoms with E-state index in [1.807, 2.05) is 62.4 Å². The molecule has 0 radical (unpaired) electrons. The van der Waals surface area contributed by atoms with Crippen molar-refractivity contribution in [2.75, 3.05) is 7.11 Å². The molecule has 0 bridgehead atoms. The fourth-order valence-electron chi connectivity index (χ4n) is 4.05. The maximum atomic E-state index is 12.6. The molecule has 3 N–H and O–H groups in total. The first kappa shape index (κ1) is 24.7. The summed E-state index contributed by atoms with van der Waals surface area (Å²) in [6.07, 6.45) is 2.20. The van der Waals surface area contributed by atoms with Gasteiger partial charge in [-0.3, -0.25) is 9.59 Å². The lowest BCUT2D eigenvalue weighted by Gasteiger charge is -2.13.